The molecule has 0 aromatic rings. The summed E-state index contributed by atoms with van der Waals surface area (Å²) in [4.78, 5) is 61.4. The number of methoxy groups -OCH3 is 2. The number of aliphatic carboxylic acids is 3. The van der Waals surface area contributed by atoms with Gasteiger partial charge in [0, 0.05) is 34.5 Å². The molecule has 6 aliphatic rings. The van der Waals surface area contributed by atoms with Crippen LogP contribution in [0.4, 0.5) is 0 Å². The number of hydrogen-bond donors (Lipinski definition) is 17. The molecular formula is C42H66N2O33. The quantitative estimate of drug-likeness (QED) is 0.0538. The van der Waals surface area contributed by atoms with E-state index in [9.17, 15) is 101 Å². The number of hydrogen-bond acceptors (Lipinski definition) is 30. The summed E-state index contributed by atoms with van der Waals surface area (Å²) in [6.07, 6.45) is -53.6. The standard InChI is InChI=1S/C42H66N2O33/c1-9(48)43-16-18(51)27(13(7-46)68-38(16)66-4)72-42-24(57)21(54)30(33(76-42)36(61)62)70-15-5-11(50)26(12(6-45)67-15)71-40-25(58)22(55)31(34(77-40)37(63)64)74-39-17(44-10(2)49)19(52)28(14(8-47)69-39)73-41-23(56)20(53)29(65-3)32(75-41)35(59)60/h11-34,38-42,45-47,50-58H,5-8H2,1-4H3,(H,43,48)(H,44,49)(H,59,60)(H,61,62)(H,63,64)/t11-,12-,13-,14-,15-,16-,17-,18-,19-,20-,21-,22-,23-,24-,25-,26+,27-,28-,29+,30+,31+,32+,33+,34+,38+,39-,40-,41-,42-/m1/s1. The molecule has 0 bridgehead atoms. The predicted octanol–water partition coefficient (Wildman–Crippen LogP) is -11.2. The summed E-state index contributed by atoms with van der Waals surface area (Å²) < 4.78 is 71.8. The number of nitrogens with one attached hydrogen (secondary N) is 2. The van der Waals surface area contributed by atoms with Crippen molar-refractivity contribution in [3.05, 3.63) is 0 Å². The van der Waals surface area contributed by atoms with E-state index >= 15 is 0 Å². The van der Waals surface area contributed by atoms with Gasteiger partial charge in [-0.25, -0.2) is 14.4 Å². The highest BCUT2D eigenvalue weighted by Gasteiger charge is 2.59. The van der Waals surface area contributed by atoms with Crippen molar-refractivity contribution < 1.29 is 162 Å². The molecule has 6 rings (SSSR count). The molecule has 77 heavy (non-hydrogen) atoms. The second-order valence-electron chi connectivity index (χ2n) is 18.6. The van der Waals surface area contributed by atoms with E-state index in [1.165, 1.54) is 7.11 Å². The minimum absolute atomic E-state index is 0.642. The lowest BCUT2D eigenvalue weighted by Gasteiger charge is -2.49. The molecule has 0 saturated carbocycles. The van der Waals surface area contributed by atoms with Gasteiger partial charge in [-0.05, 0) is 0 Å². The van der Waals surface area contributed by atoms with Crippen LogP contribution in [0.3, 0.4) is 0 Å². The molecule has 6 aliphatic heterocycles. The second-order valence-corrected chi connectivity index (χ2v) is 18.6. The minimum atomic E-state index is -2.36. The Morgan fingerprint density at radius 3 is 1.16 bits per heavy atom. The van der Waals surface area contributed by atoms with E-state index in [1.807, 2.05) is 0 Å². The van der Waals surface area contributed by atoms with Crippen molar-refractivity contribution in [3.8, 4) is 0 Å². The topological polar surface area (TPSA) is 533 Å². The zero-order valence-corrected chi connectivity index (χ0v) is 41.1. The van der Waals surface area contributed by atoms with E-state index in [2.05, 4.69) is 10.6 Å². The Kier molecular flexibility index (Phi) is 21.7. The van der Waals surface area contributed by atoms with Gasteiger partial charge in [-0.2, -0.15) is 0 Å². The molecule has 442 valence electrons. The molecule has 6 saturated heterocycles. The van der Waals surface area contributed by atoms with Crippen LogP contribution in [0.1, 0.15) is 20.3 Å². The third-order valence-electron chi connectivity index (χ3n) is 13.5. The predicted molar refractivity (Wildman–Crippen MR) is 232 cm³/mol. The van der Waals surface area contributed by atoms with Crippen molar-refractivity contribution in [3.63, 3.8) is 0 Å². The lowest BCUT2D eigenvalue weighted by molar-refractivity contribution is -0.376. The van der Waals surface area contributed by atoms with Crippen molar-refractivity contribution in [2.45, 2.75) is 198 Å². The lowest BCUT2D eigenvalue weighted by Crippen LogP contribution is -2.70. The maximum Gasteiger partial charge on any atom is 0.335 e. The van der Waals surface area contributed by atoms with Gasteiger partial charge in [-0.3, -0.25) is 9.59 Å². The van der Waals surface area contributed by atoms with Crippen LogP contribution in [-0.4, -0.2) is 318 Å². The molecule has 0 aromatic carbocycles. The monoisotopic (exact) mass is 1130 g/mol. The van der Waals surface area contributed by atoms with Crippen molar-refractivity contribution in [1.29, 1.82) is 0 Å². The van der Waals surface area contributed by atoms with Crippen LogP contribution in [0.15, 0.2) is 0 Å². The fourth-order valence-electron chi connectivity index (χ4n) is 9.69. The zero-order chi connectivity index (χ0) is 57.1. The average molecular weight is 1130 g/mol. The van der Waals surface area contributed by atoms with Gasteiger partial charge in [-0.1, -0.05) is 0 Å². The first-order valence-electron chi connectivity index (χ1n) is 23.8. The van der Waals surface area contributed by atoms with Gasteiger partial charge in [-0.15, -0.1) is 0 Å². The fraction of sp³-hybridized carbons (Fsp3) is 0.881. The van der Waals surface area contributed by atoms with Gasteiger partial charge >= 0.3 is 17.9 Å². The maximum absolute atomic E-state index is 12.7. The first kappa shape index (κ1) is 62.5. The van der Waals surface area contributed by atoms with Crippen molar-refractivity contribution >= 4 is 29.7 Å². The number of carboxylic acids is 3. The van der Waals surface area contributed by atoms with Crippen LogP contribution in [0.25, 0.3) is 0 Å². The molecule has 0 aliphatic carbocycles. The molecule has 6 heterocycles. The van der Waals surface area contributed by atoms with E-state index in [0.717, 1.165) is 21.0 Å². The number of aliphatic hydroxyl groups excluding tert-OH is 12. The smallest absolute Gasteiger partial charge is 0.335 e. The SMILES string of the molecule is CO[C@H]1O[C@H](CO)[C@@H](O[C@@H]2O[C@H](C(=O)O)[C@@H](O[C@@H]3C[C@@H](O)[C@H](O[C@@H]4O[C@H](C(=O)O)[C@@H](O[C@H]5O[C@H](CO)[C@@H](O[C@@H]6O[C@H](C(=O)O)[C@@H](OC)[C@H](O)[C@H]6O)[C@H](O)[C@H]5NC(C)=O)[C@H](O)[C@H]4O)[C@@H](CO)O3)[C@H](O)[C@H]2O)[C@H](O)[C@H]1NC(C)=O. The van der Waals surface area contributed by atoms with Gasteiger partial charge in [0.1, 0.15) is 116 Å². The molecule has 6 fully saturated rings. The third-order valence-corrected chi connectivity index (χ3v) is 13.5. The highest BCUT2D eigenvalue weighted by Crippen LogP contribution is 2.37. The van der Waals surface area contributed by atoms with Crippen molar-refractivity contribution in [2.75, 3.05) is 34.0 Å². The number of carbonyl (C=O) groups excluding carboxylic acids is 2. The summed E-state index contributed by atoms with van der Waals surface area (Å²) in [5.41, 5.74) is 0. The van der Waals surface area contributed by atoms with E-state index in [1.54, 1.807) is 0 Å². The van der Waals surface area contributed by atoms with Crippen LogP contribution in [0, 0.1) is 0 Å². The van der Waals surface area contributed by atoms with E-state index in [-0.39, 0.29) is 0 Å². The highest BCUT2D eigenvalue weighted by molar-refractivity contribution is 5.75. The van der Waals surface area contributed by atoms with Gasteiger partial charge in [0.05, 0.1) is 25.9 Å². The number of rotatable bonds is 20. The van der Waals surface area contributed by atoms with Crippen LogP contribution in [-0.2, 0) is 85.6 Å². The van der Waals surface area contributed by atoms with Gasteiger partial charge in [0.25, 0.3) is 0 Å². The number of ether oxygens (including phenoxy) is 13. The summed E-state index contributed by atoms with van der Waals surface area (Å²) in [7, 11) is 2.21. The van der Waals surface area contributed by atoms with E-state index < -0.39 is 234 Å². The molecule has 0 aromatic heterocycles. The molecule has 2 amide bonds. The van der Waals surface area contributed by atoms with Crippen molar-refractivity contribution in [1.82, 2.24) is 10.6 Å². The molecule has 0 radical (unpaired) electrons. The molecule has 35 nitrogen and oxygen atoms in total. The summed E-state index contributed by atoms with van der Waals surface area (Å²) in [5, 5.41) is 166. The number of aliphatic hydroxyl groups is 12. The Bertz CT molecular complexity index is 2000. The Morgan fingerprint density at radius 2 is 0.766 bits per heavy atom. The zero-order valence-electron chi connectivity index (χ0n) is 41.1. The van der Waals surface area contributed by atoms with Crippen LogP contribution >= 0.6 is 0 Å². The van der Waals surface area contributed by atoms with E-state index in [0.29, 0.717) is 0 Å². The first-order valence-corrected chi connectivity index (χ1v) is 23.8. The van der Waals surface area contributed by atoms with Crippen molar-refractivity contribution in [2.24, 2.45) is 0 Å². The Hall–Kier alpha value is -3.65. The molecular weight excluding hydrogens is 1060 g/mol. The van der Waals surface area contributed by atoms with Gasteiger partial charge in [0.2, 0.25) is 11.8 Å². The fourth-order valence-corrected chi connectivity index (χ4v) is 9.69. The Labute approximate surface area is 434 Å². The minimum Gasteiger partial charge on any atom is -0.479 e. The summed E-state index contributed by atoms with van der Waals surface area (Å²) >= 11 is 0. The molecule has 29 atom stereocenters. The maximum atomic E-state index is 12.7. The van der Waals surface area contributed by atoms with Crippen LogP contribution in [0.5, 0.6) is 0 Å². The third kappa shape index (κ3) is 13.6. The number of amides is 2. The average Bonchev–Trinajstić information content (AvgIpc) is 3.37. The number of carbonyl (C=O) groups is 5. The number of carboxylic acid groups (broad SMARTS) is 3. The molecule has 17 N–H and O–H groups in total. The molecule has 35 heteroatoms. The molecule has 0 spiro atoms. The van der Waals surface area contributed by atoms with Gasteiger partial charge < -0.3 is 149 Å². The Morgan fingerprint density at radius 1 is 0.416 bits per heavy atom. The van der Waals surface area contributed by atoms with Crippen LogP contribution in [0.2, 0.25) is 0 Å². The first-order chi connectivity index (χ1) is 36.3. The summed E-state index contributed by atoms with van der Waals surface area (Å²) in [5.74, 6) is -6.90. The Balaban J connectivity index is 1.12. The highest BCUT2D eigenvalue weighted by atomic mass is 16.8. The second kappa shape index (κ2) is 26.7. The summed E-state index contributed by atoms with van der Waals surface area (Å²) in [6, 6.07) is -3.15. The van der Waals surface area contributed by atoms with E-state index in [4.69, 9.17) is 61.6 Å². The van der Waals surface area contributed by atoms with Gasteiger partial charge in [0.15, 0.2) is 56.1 Å². The van der Waals surface area contributed by atoms with Crippen LogP contribution < -0.4 is 10.6 Å². The lowest BCUT2D eigenvalue weighted by atomic mass is 9.94. The largest absolute Gasteiger partial charge is 0.479 e. The summed E-state index contributed by atoms with van der Waals surface area (Å²) in [6.45, 7) is -0.889. The normalized spacial score (nSPS) is 46.6. The molecule has 0 unspecified atom stereocenters.